The van der Waals surface area contributed by atoms with Crippen molar-refractivity contribution in [1.29, 1.82) is 0 Å². The normalized spacial score (nSPS) is 16.7. The number of piperidine rings is 1. The Bertz CT molecular complexity index is 1070. The number of carbonyl (C=O) groups excluding carboxylic acids is 2. The van der Waals surface area contributed by atoms with Crippen molar-refractivity contribution < 1.29 is 23.8 Å². The van der Waals surface area contributed by atoms with Crippen LogP contribution in [0.1, 0.15) is 44.0 Å². The van der Waals surface area contributed by atoms with Gasteiger partial charge in [-0.25, -0.2) is 14.2 Å². The van der Waals surface area contributed by atoms with Gasteiger partial charge in [0.2, 0.25) is 0 Å². The van der Waals surface area contributed by atoms with E-state index < -0.39 is 17.7 Å². The largest absolute Gasteiger partial charge is 0.465 e. The minimum Gasteiger partial charge on any atom is -0.465 e. The first kappa shape index (κ1) is 24.8. The molecule has 0 saturated carbocycles. The van der Waals surface area contributed by atoms with Crippen molar-refractivity contribution in [2.24, 2.45) is 0 Å². The highest BCUT2D eigenvalue weighted by molar-refractivity contribution is 7.17. The van der Waals surface area contributed by atoms with E-state index in [0.717, 1.165) is 49.0 Å². The van der Waals surface area contributed by atoms with Crippen LogP contribution in [-0.4, -0.2) is 72.8 Å². The number of thiophene rings is 1. The quantitative estimate of drug-likeness (QED) is 0.331. The summed E-state index contributed by atoms with van der Waals surface area (Å²) in [5.41, 5.74) is 1.20. The second-order valence-electron chi connectivity index (χ2n) is 8.22. The zero-order valence-corrected chi connectivity index (χ0v) is 20.3. The van der Waals surface area contributed by atoms with Gasteiger partial charge in [-0.2, -0.15) is 0 Å². The van der Waals surface area contributed by atoms with Crippen molar-refractivity contribution in [2.75, 3.05) is 50.5 Å². The van der Waals surface area contributed by atoms with E-state index in [4.69, 9.17) is 21.4 Å². The molecule has 0 aromatic carbocycles. The van der Waals surface area contributed by atoms with E-state index in [1.54, 1.807) is 0 Å². The van der Waals surface area contributed by atoms with Gasteiger partial charge in [0.15, 0.2) is 11.0 Å². The van der Waals surface area contributed by atoms with Crippen molar-refractivity contribution in [2.45, 2.75) is 31.8 Å². The SMILES string of the molecule is COC(=O)c1c(NC(=O)c2cc(F)c(Cl)nc2NC2CCN(CCO)CC2)sc2c1CCNC2. The molecule has 2 aromatic rings. The zero-order chi connectivity index (χ0) is 24.2. The maximum Gasteiger partial charge on any atom is 0.341 e. The summed E-state index contributed by atoms with van der Waals surface area (Å²) in [6.07, 6.45) is 2.19. The first-order valence-electron chi connectivity index (χ1n) is 11.1. The number of ether oxygens (including phenoxy) is 1. The van der Waals surface area contributed by atoms with E-state index in [9.17, 15) is 14.0 Å². The van der Waals surface area contributed by atoms with Crippen LogP contribution in [0, 0.1) is 5.82 Å². The van der Waals surface area contributed by atoms with E-state index in [0.29, 0.717) is 30.1 Å². The summed E-state index contributed by atoms with van der Waals surface area (Å²) in [5, 5.41) is 18.4. The molecule has 1 saturated heterocycles. The van der Waals surface area contributed by atoms with Crippen molar-refractivity contribution >= 4 is 45.6 Å². The zero-order valence-electron chi connectivity index (χ0n) is 18.7. The van der Waals surface area contributed by atoms with Crippen LogP contribution in [0.3, 0.4) is 0 Å². The predicted molar refractivity (Wildman–Crippen MR) is 128 cm³/mol. The number of hydrogen-bond donors (Lipinski definition) is 4. The summed E-state index contributed by atoms with van der Waals surface area (Å²) in [6, 6.07) is 1.07. The van der Waals surface area contributed by atoms with E-state index in [2.05, 4.69) is 25.8 Å². The van der Waals surface area contributed by atoms with Gasteiger partial charge >= 0.3 is 5.97 Å². The fraction of sp³-hybridized carbons (Fsp3) is 0.500. The van der Waals surface area contributed by atoms with Gasteiger partial charge < -0.3 is 30.7 Å². The van der Waals surface area contributed by atoms with Gasteiger partial charge in [0.25, 0.3) is 5.91 Å². The lowest BCUT2D eigenvalue weighted by Crippen LogP contribution is -2.40. The molecule has 1 amide bonds. The first-order chi connectivity index (χ1) is 16.4. The number of pyridine rings is 1. The number of halogens is 2. The van der Waals surface area contributed by atoms with E-state index in [-0.39, 0.29) is 29.2 Å². The molecule has 1 fully saturated rings. The standard InChI is InChI=1S/C22H27ClFN5O4S/c1-33-22(32)17-13-2-5-25-11-16(13)34-21(17)28-20(31)14-10-15(24)18(23)27-19(14)26-12-3-6-29(7-4-12)8-9-30/h10,12,25,30H,2-9,11H2,1H3,(H,26,27)(H,28,31). The summed E-state index contributed by atoms with van der Waals surface area (Å²) in [5.74, 6) is -1.74. The first-order valence-corrected chi connectivity index (χ1v) is 12.3. The maximum absolute atomic E-state index is 14.3. The monoisotopic (exact) mass is 511 g/mol. The van der Waals surface area contributed by atoms with Crippen molar-refractivity contribution in [3.05, 3.63) is 38.6 Å². The number of β-amino-alcohol motifs (C(OH)–C–C–N with tert-alkyl or cyclic N) is 1. The van der Waals surface area contributed by atoms with Gasteiger partial charge in [-0.1, -0.05) is 11.6 Å². The third kappa shape index (κ3) is 5.33. The number of nitrogens with zero attached hydrogens (tertiary/aromatic N) is 2. The number of hydrogen-bond acceptors (Lipinski definition) is 9. The molecule has 12 heteroatoms. The van der Waals surface area contributed by atoms with Gasteiger partial charge in [0.05, 0.1) is 24.8 Å². The molecule has 2 aliphatic rings. The smallest absolute Gasteiger partial charge is 0.341 e. The van der Waals surface area contributed by atoms with E-state index >= 15 is 0 Å². The van der Waals surface area contributed by atoms with Crippen LogP contribution in [-0.2, 0) is 17.7 Å². The minimum atomic E-state index is -0.807. The topological polar surface area (TPSA) is 116 Å². The van der Waals surface area contributed by atoms with Crippen LogP contribution in [0.25, 0.3) is 0 Å². The number of amides is 1. The lowest BCUT2D eigenvalue weighted by atomic mass is 10.0. The number of anilines is 2. The maximum atomic E-state index is 14.3. The number of methoxy groups -OCH3 is 1. The van der Waals surface area contributed by atoms with Gasteiger partial charge in [-0.3, -0.25) is 4.79 Å². The number of esters is 1. The molecule has 0 atom stereocenters. The van der Waals surface area contributed by atoms with Crippen LogP contribution in [0.4, 0.5) is 15.2 Å². The van der Waals surface area contributed by atoms with Crippen LogP contribution >= 0.6 is 22.9 Å². The Labute approximate surface area is 205 Å². The van der Waals surface area contributed by atoms with Crippen LogP contribution in [0.5, 0.6) is 0 Å². The fourth-order valence-electron chi connectivity index (χ4n) is 4.30. The highest BCUT2D eigenvalue weighted by Gasteiger charge is 2.29. The van der Waals surface area contributed by atoms with E-state index in [1.807, 2.05) is 0 Å². The Hall–Kier alpha value is -2.31. The molecule has 0 radical (unpaired) electrons. The molecule has 34 heavy (non-hydrogen) atoms. The molecule has 2 aromatic heterocycles. The number of carbonyl (C=O) groups is 2. The van der Waals surface area contributed by atoms with Crippen molar-refractivity contribution in [3.63, 3.8) is 0 Å². The van der Waals surface area contributed by atoms with Gasteiger partial charge in [-0.15, -0.1) is 11.3 Å². The predicted octanol–water partition coefficient (Wildman–Crippen LogP) is 2.49. The average Bonchev–Trinajstić information content (AvgIpc) is 3.19. The van der Waals surface area contributed by atoms with Crippen LogP contribution in [0.15, 0.2) is 6.07 Å². The second kappa shape index (κ2) is 11.0. The number of aliphatic hydroxyl groups is 1. The van der Waals surface area contributed by atoms with Crippen molar-refractivity contribution in [1.82, 2.24) is 15.2 Å². The lowest BCUT2D eigenvalue weighted by Gasteiger charge is -2.32. The second-order valence-corrected chi connectivity index (χ2v) is 9.68. The molecule has 4 rings (SSSR count). The Morgan fingerprint density at radius 3 is 2.88 bits per heavy atom. The molecular weight excluding hydrogens is 485 g/mol. The lowest BCUT2D eigenvalue weighted by molar-refractivity contribution is 0.0601. The van der Waals surface area contributed by atoms with Crippen LogP contribution < -0.4 is 16.0 Å². The summed E-state index contributed by atoms with van der Waals surface area (Å²) >= 11 is 7.23. The molecule has 2 aliphatic heterocycles. The van der Waals surface area contributed by atoms with Gasteiger partial charge in [0.1, 0.15) is 10.8 Å². The molecule has 0 aliphatic carbocycles. The van der Waals surface area contributed by atoms with Crippen molar-refractivity contribution in [3.8, 4) is 0 Å². The number of nitrogens with one attached hydrogen (secondary N) is 3. The Morgan fingerprint density at radius 2 is 2.18 bits per heavy atom. The number of rotatable bonds is 7. The number of aliphatic hydroxyl groups excluding tert-OH is 1. The Balaban J connectivity index is 1.58. The number of likely N-dealkylation sites (tertiary alicyclic amines) is 1. The molecule has 0 bridgehead atoms. The third-order valence-corrected chi connectivity index (χ3v) is 7.48. The summed E-state index contributed by atoms with van der Waals surface area (Å²) in [4.78, 5) is 32.9. The molecule has 9 nitrogen and oxygen atoms in total. The minimum absolute atomic E-state index is 0.000000499. The Kier molecular flexibility index (Phi) is 7.99. The molecule has 4 heterocycles. The van der Waals surface area contributed by atoms with E-state index in [1.165, 1.54) is 18.4 Å². The molecule has 184 valence electrons. The van der Waals surface area contributed by atoms with Gasteiger partial charge in [-0.05, 0) is 37.4 Å². The highest BCUT2D eigenvalue weighted by Crippen LogP contribution is 2.36. The summed E-state index contributed by atoms with van der Waals surface area (Å²) in [6.45, 7) is 3.60. The molecule has 0 spiro atoms. The third-order valence-electron chi connectivity index (χ3n) is 6.07. The summed E-state index contributed by atoms with van der Waals surface area (Å²) < 4.78 is 19.3. The molecule has 0 unspecified atom stereocenters. The molecular formula is C22H27ClFN5O4S. The Morgan fingerprint density at radius 1 is 1.41 bits per heavy atom. The fourth-order valence-corrected chi connectivity index (χ4v) is 5.64. The number of aromatic nitrogens is 1. The summed E-state index contributed by atoms with van der Waals surface area (Å²) in [7, 11) is 1.30. The average molecular weight is 512 g/mol. The molecule has 4 N–H and O–H groups in total. The van der Waals surface area contributed by atoms with Crippen LogP contribution in [0.2, 0.25) is 5.15 Å². The highest BCUT2D eigenvalue weighted by atomic mass is 35.5. The number of fused-ring (bicyclic) bond motifs is 1. The van der Waals surface area contributed by atoms with Gasteiger partial charge in [0, 0.05) is 37.1 Å².